The SMILES string of the molecule is CCn1c(-c2cccs2)nn(C[NH+]2CCC(Cc3ccccc3)CC2)c1=S. The molecular formula is C21H27N4S2+. The fraction of sp³-hybridized carbons (Fsp3) is 0.429. The third kappa shape index (κ3) is 4.23. The van der Waals surface area contributed by atoms with Crippen molar-refractivity contribution in [3.05, 3.63) is 58.2 Å². The number of rotatable bonds is 6. The highest BCUT2D eigenvalue weighted by atomic mass is 32.1. The van der Waals surface area contributed by atoms with Crippen LogP contribution in [-0.2, 0) is 19.6 Å². The van der Waals surface area contributed by atoms with Gasteiger partial charge in [0, 0.05) is 6.54 Å². The van der Waals surface area contributed by atoms with Crippen molar-refractivity contribution < 1.29 is 4.90 Å². The summed E-state index contributed by atoms with van der Waals surface area (Å²) in [5.74, 6) is 1.81. The molecule has 0 radical (unpaired) electrons. The third-order valence-electron chi connectivity index (χ3n) is 5.53. The Kier molecular flexibility index (Phi) is 5.86. The van der Waals surface area contributed by atoms with E-state index in [4.69, 9.17) is 17.3 Å². The molecular weight excluding hydrogens is 372 g/mol. The molecule has 0 spiro atoms. The molecule has 6 heteroatoms. The summed E-state index contributed by atoms with van der Waals surface area (Å²) >= 11 is 7.44. The number of nitrogens with one attached hydrogen (secondary N) is 1. The molecule has 1 aliphatic rings. The molecule has 4 nitrogen and oxygen atoms in total. The lowest BCUT2D eigenvalue weighted by molar-refractivity contribution is -0.929. The van der Waals surface area contributed by atoms with Crippen LogP contribution < -0.4 is 4.90 Å². The molecule has 1 N–H and O–H groups in total. The monoisotopic (exact) mass is 399 g/mol. The van der Waals surface area contributed by atoms with E-state index in [2.05, 4.69) is 59.3 Å². The molecule has 1 fully saturated rings. The molecule has 27 heavy (non-hydrogen) atoms. The van der Waals surface area contributed by atoms with Crippen molar-refractivity contribution in [1.82, 2.24) is 14.3 Å². The highest BCUT2D eigenvalue weighted by Gasteiger charge is 2.24. The summed E-state index contributed by atoms with van der Waals surface area (Å²) in [5, 5.41) is 6.97. The molecule has 1 saturated heterocycles. The van der Waals surface area contributed by atoms with E-state index in [1.165, 1.54) is 42.8 Å². The van der Waals surface area contributed by atoms with Crippen LogP contribution in [-0.4, -0.2) is 27.4 Å². The molecule has 0 unspecified atom stereocenters. The molecule has 3 heterocycles. The van der Waals surface area contributed by atoms with Crippen LogP contribution in [0.15, 0.2) is 47.8 Å². The highest BCUT2D eigenvalue weighted by molar-refractivity contribution is 7.71. The average molecular weight is 400 g/mol. The van der Waals surface area contributed by atoms with Gasteiger partial charge in [0.2, 0.25) is 4.77 Å². The van der Waals surface area contributed by atoms with Crippen LogP contribution in [0.4, 0.5) is 0 Å². The largest absolute Gasteiger partial charge is 0.316 e. The number of hydrogen-bond acceptors (Lipinski definition) is 3. The van der Waals surface area contributed by atoms with E-state index >= 15 is 0 Å². The zero-order valence-corrected chi connectivity index (χ0v) is 17.4. The Bertz CT molecular complexity index is 904. The lowest BCUT2D eigenvalue weighted by Crippen LogP contribution is -3.12. The van der Waals surface area contributed by atoms with Crippen LogP contribution >= 0.6 is 23.6 Å². The number of benzene rings is 1. The van der Waals surface area contributed by atoms with E-state index in [-0.39, 0.29) is 0 Å². The Labute approximate surface area is 170 Å². The van der Waals surface area contributed by atoms with Gasteiger partial charge < -0.3 is 4.90 Å². The molecule has 1 aliphatic heterocycles. The van der Waals surface area contributed by atoms with Gasteiger partial charge in [0.1, 0.15) is 0 Å². The number of quaternary nitrogens is 1. The topological polar surface area (TPSA) is 27.2 Å². The quantitative estimate of drug-likeness (QED) is 0.641. The molecule has 0 amide bonds. The van der Waals surface area contributed by atoms with Crippen LogP contribution in [0.25, 0.3) is 10.7 Å². The number of piperidine rings is 1. The van der Waals surface area contributed by atoms with E-state index in [0.29, 0.717) is 0 Å². The first kappa shape index (κ1) is 18.6. The lowest BCUT2D eigenvalue weighted by Gasteiger charge is -2.29. The zero-order chi connectivity index (χ0) is 18.6. The first-order chi connectivity index (χ1) is 13.2. The summed E-state index contributed by atoms with van der Waals surface area (Å²) in [6.45, 7) is 6.28. The van der Waals surface area contributed by atoms with Gasteiger partial charge in [0.15, 0.2) is 12.5 Å². The standard InChI is InChI=1S/C21H26N4S2/c1-2-24-20(19-9-6-14-27-19)22-25(21(24)26)16-23-12-10-18(11-13-23)15-17-7-4-3-5-8-17/h3-9,14,18H,2,10-13,15-16H2,1H3/p+1. The number of hydrogen-bond donors (Lipinski definition) is 1. The minimum absolute atomic E-state index is 0.805. The van der Waals surface area contributed by atoms with Crippen molar-refractivity contribution in [2.45, 2.75) is 39.4 Å². The van der Waals surface area contributed by atoms with Gasteiger partial charge in [-0.25, -0.2) is 0 Å². The number of nitrogens with zero attached hydrogens (tertiary/aromatic N) is 3. The second kappa shape index (κ2) is 8.50. The Balaban J connectivity index is 1.40. The van der Waals surface area contributed by atoms with Crippen molar-refractivity contribution in [1.29, 1.82) is 0 Å². The van der Waals surface area contributed by atoms with E-state index in [1.807, 2.05) is 4.68 Å². The van der Waals surface area contributed by atoms with Gasteiger partial charge in [-0.2, -0.15) is 4.68 Å². The minimum atomic E-state index is 0.805. The normalized spacial score (nSPS) is 20.0. The molecule has 0 bridgehead atoms. The maximum Gasteiger partial charge on any atom is 0.203 e. The Morgan fingerprint density at radius 1 is 1.15 bits per heavy atom. The fourth-order valence-corrected chi connectivity index (χ4v) is 5.06. The van der Waals surface area contributed by atoms with Crippen LogP contribution in [0.3, 0.4) is 0 Å². The Morgan fingerprint density at radius 3 is 2.59 bits per heavy atom. The summed E-state index contributed by atoms with van der Waals surface area (Å²) in [6, 6.07) is 15.1. The van der Waals surface area contributed by atoms with Crippen molar-refractivity contribution >= 4 is 23.6 Å². The van der Waals surface area contributed by atoms with Gasteiger partial charge in [0.05, 0.1) is 18.0 Å². The first-order valence-electron chi connectivity index (χ1n) is 9.83. The predicted molar refractivity (Wildman–Crippen MR) is 114 cm³/mol. The summed E-state index contributed by atoms with van der Waals surface area (Å²) in [4.78, 5) is 2.78. The van der Waals surface area contributed by atoms with Gasteiger partial charge in [-0.1, -0.05) is 36.4 Å². The molecule has 0 atom stereocenters. The van der Waals surface area contributed by atoms with Crippen LogP contribution in [0, 0.1) is 10.7 Å². The summed E-state index contributed by atoms with van der Waals surface area (Å²) in [5.41, 5.74) is 1.47. The van der Waals surface area contributed by atoms with Crippen molar-refractivity contribution in [2.24, 2.45) is 5.92 Å². The Morgan fingerprint density at radius 2 is 1.93 bits per heavy atom. The van der Waals surface area contributed by atoms with E-state index in [9.17, 15) is 0 Å². The zero-order valence-electron chi connectivity index (χ0n) is 15.8. The van der Waals surface area contributed by atoms with Crippen molar-refractivity contribution in [3.63, 3.8) is 0 Å². The van der Waals surface area contributed by atoms with Crippen molar-refractivity contribution in [2.75, 3.05) is 13.1 Å². The average Bonchev–Trinajstić information content (AvgIpc) is 3.33. The third-order valence-corrected chi connectivity index (χ3v) is 6.83. The van der Waals surface area contributed by atoms with Gasteiger partial charge >= 0.3 is 0 Å². The second-order valence-corrected chi connectivity index (χ2v) is 8.68. The maximum atomic E-state index is 5.72. The number of likely N-dealkylation sites (tertiary alicyclic amines) is 1. The lowest BCUT2D eigenvalue weighted by atomic mass is 9.90. The second-order valence-electron chi connectivity index (χ2n) is 7.37. The van der Waals surface area contributed by atoms with Gasteiger partial charge in [-0.15, -0.1) is 16.4 Å². The molecule has 142 valence electrons. The van der Waals surface area contributed by atoms with Crippen LogP contribution in [0.1, 0.15) is 25.3 Å². The van der Waals surface area contributed by atoms with Crippen LogP contribution in [0.2, 0.25) is 0 Å². The number of aromatic nitrogens is 3. The van der Waals surface area contributed by atoms with Gasteiger partial charge in [-0.3, -0.25) is 4.57 Å². The number of thiophene rings is 1. The molecule has 4 rings (SSSR count). The molecule has 2 aromatic heterocycles. The van der Waals surface area contributed by atoms with E-state index in [0.717, 1.165) is 29.7 Å². The Hall–Kier alpha value is -1.76. The van der Waals surface area contributed by atoms with Crippen molar-refractivity contribution in [3.8, 4) is 10.7 Å². The first-order valence-corrected chi connectivity index (χ1v) is 11.1. The van der Waals surface area contributed by atoms with Crippen LogP contribution in [0.5, 0.6) is 0 Å². The van der Waals surface area contributed by atoms with E-state index < -0.39 is 0 Å². The summed E-state index contributed by atoms with van der Waals surface area (Å²) < 4.78 is 5.04. The van der Waals surface area contributed by atoms with Gasteiger partial charge in [0.25, 0.3) is 0 Å². The summed E-state index contributed by atoms with van der Waals surface area (Å²) in [7, 11) is 0. The highest BCUT2D eigenvalue weighted by Crippen LogP contribution is 2.23. The predicted octanol–water partition coefficient (Wildman–Crippen LogP) is 3.66. The molecule has 0 aliphatic carbocycles. The van der Waals surface area contributed by atoms with Gasteiger partial charge in [-0.05, 0) is 61.3 Å². The summed E-state index contributed by atoms with van der Waals surface area (Å²) in [6.07, 6.45) is 3.77. The molecule has 0 saturated carbocycles. The molecule has 3 aromatic rings. The smallest absolute Gasteiger partial charge is 0.203 e. The molecule has 1 aromatic carbocycles. The minimum Gasteiger partial charge on any atom is -0.316 e. The van der Waals surface area contributed by atoms with E-state index in [1.54, 1.807) is 16.2 Å². The maximum absolute atomic E-state index is 5.72. The fourth-order valence-electron chi connectivity index (χ4n) is 4.02.